The summed E-state index contributed by atoms with van der Waals surface area (Å²) in [5.41, 5.74) is 1.54. The average molecular weight is 173 g/mol. The van der Waals surface area contributed by atoms with Crippen LogP contribution in [0.25, 0.3) is 6.20 Å². The van der Waals surface area contributed by atoms with Gasteiger partial charge in [-0.2, -0.15) is 5.26 Å². The number of hydrogen-bond donors (Lipinski definition) is 0. The van der Waals surface area contributed by atoms with E-state index in [1.807, 2.05) is 24.5 Å². The van der Waals surface area contributed by atoms with Gasteiger partial charge in [0, 0.05) is 18.1 Å². The van der Waals surface area contributed by atoms with E-state index in [1.165, 1.54) is 6.08 Å². The van der Waals surface area contributed by atoms with E-state index in [0.717, 1.165) is 11.5 Å². The van der Waals surface area contributed by atoms with Crippen molar-refractivity contribution >= 4 is 6.20 Å². The second kappa shape index (κ2) is 3.72. The summed E-state index contributed by atoms with van der Waals surface area (Å²) in [5, 5.41) is 8.68. The van der Waals surface area contributed by atoms with Crippen molar-refractivity contribution in [3.8, 4) is 6.07 Å². The molecule has 1 rings (SSSR count). The fourth-order valence-corrected chi connectivity index (χ4v) is 1.03. The lowest BCUT2D eigenvalue weighted by Crippen LogP contribution is -1.93. The lowest BCUT2D eigenvalue weighted by molar-refractivity contribution is 0.992. The molecular weight excluding hydrogens is 162 g/mol. The molecule has 0 radical (unpaired) electrons. The zero-order chi connectivity index (χ0) is 9.84. The summed E-state index contributed by atoms with van der Waals surface area (Å²) in [5.74, 6) is 0.868. The van der Waals surface area contributed by atoms with E-state index in [2.05, 4.69) is 11.6 Å². The number of nitriles is 1. The Morgan fingerprint density at radius 2 is 2.38 bits per heavy atom. The number of hydrogen-bond acceptors (Lipinski definition) is 2. The SMILES string of the molecule is C=C/C(C#N)=C\n1c(C)cnc1C. The summed E-state index contributed by atoms with van der Waals surface area (Å²) in [4.78, 5) is 4.11. The van der Waals surface area contributed by atoms with E-state index in [9.17, 15) is 0 Å². The van der Waals surface area contributed by atoms with Crippen molar-refractivity contribution < 1.29 is 0 Å². The van der Waals surface area contributed by atoms with Gasteiger partial charge in [-0.05, 0) is 13.8 Å². The first-order valence-electron chi connectivity index (χ1n) is 3.94. The summed E-state index contributed by atoms with van der Waals surface area (Å²) in [7, 11) is 0. The van der Waals surface area contributed by atoms with Crippen molar-refractivity contribution in [1.29, 1.82) is 5.26 Å². The molecular formula is C10H11N3. The predicted octanol–water partition coefficient (Wildman–Crippen LogP) is 2.05. The molecule has 3 heteroatoms. The molecule has 0 aliphatic rings. The quantitative estimate of drug-likeness (QED) is 0.507. The van der Waals surface area contributed by atoms with E-state index in [4.69, 9.17) is 5.26 Å². The molecule has 3 nitrogen and oxygen atoms in total. The van der Waals surface area contributed by atoms with Crippen molar-refractivity contribution in [3.05, 3.63) is 35.9 Å². The molecule has 0 aliphatic heterocycles. The summed E-state index contributed by atoms with van der Waals surface area (Å²) < 4.78 is 1.86. The second-order valence-electron chi connectivity index (χ2n) is 2.72. The lowest BCUT2D eigenvalue weighted by atomic mass is 10.3. The van der Waals surface area contributed by atoms with Crippen molar-refractivity contribution in [3.63, 3.8) is 0 Å². The van der Waals surface area contributed by atoms with Crippen molar-refractivity contribution in [2.75, 3.05) is 0 Å². The standard InChI is InChI=1S/C10H11N3/c1-4-10(5-11)7-13-8(2)6-12-9(13)3/h4,6-7H,1H2,2-3H3/b10-7+. The molecule has 1 heterocycles. The highest BCUT2D eigenvalue weighted by molar-refractivity contribution is 5.48. The molecule has 0 spiro atoms. The minimum absolute atomic E-state index is 0.532. The van der Waals surface area contributed by atoms with Crippen LogP contribution in [0.5, 0.6) is 0 Å². The number of imidazole rings is 1. The highest BCUT2D eigenvalue weighted by Gasteiger charge is 1.99. The van der Waals surface area contributed by atoms with Crippen LogP contribution in [0.4, 0.5) is 0 Å². The summed E-state index contributed by atoms with van der Waals surface area (Å²) in [6.45, 7) is 7.38. The highest BCUT2D eigenvalue weighted by atomic mass is 15.1. The first-order valence-corrected chi connectivity index (χ1v) is 3.94. The Morgan fingerprint density at radius 3 is 2.77 bits per heavy atom. The number of aryl methyl sites for hydroxylation is 2. The van der Waals surface area contributed by atoms with Crippen LogP contribution in [0, 0.1) is 25.2 Å². The number of rotatable bonds is 2. The number of aromatic nitrogens is 2. The van der Waals surface area contributed by atoms with E-state index in [-0.39, 0.29) is 0 Å². The largest absolute Gasteiger partial charge is 0.307 e. The van der Waals surface area contributed by atoms with Crippen LogP contribution in [-0.2, 0) is 0 Å². The first kappa shape index (κ1) is 9.27. The fourth-order valence-electron chi connectivity index (χ4n) is 1.03. The van der Waals surface area contributed by atoms with Gasteiger partial charge in [0.05, 0.1) is 5.57 Å². The monoisotopic (exact) mass is 173 g/mol. The molecule has 0 bridgehead atoms. The third-order valence-electron chi connectivity index (χ3n) is 1.78. The highest BCUT2D eigenvalue weighted by Crippen LogP contribution is 2.06. The molecule has 1 aromatic heterocycles. The summed E-state index contributed by atoms with van der Waals surface area (Å²) in [6.07, 6.45) is 5.02. The van der Waals surface area contributed by atoms with Crippen LogP contribution in [0.1, 0.15) is 11.5 Å². The van der Waals surface area contributed by atoms with Gasteiger partial charge in [-0.1, -0.05) is 12.7 Å². The maximum atomic E-state index is 8.68. The molecule has 0 aromatic carbocycles. The lowest BCUT2D eigenvalue weighted by Gasteiger charge is -1.99. The maximum absolute atomic E-state index is 8.68. The van der Waals surface area contributed by atoms with Crippen LogP contribution < -0.4 is 0 Å². The van der Waals surface area contributed by atoms with Gasteiger partial charge in [-0.15, -0.1) is 0 Å². The Bertz CT molecular complexity index is 371. The number of nitrogens with zero attached hydrogens (tertiary/aromatic N) is 3. The van der Waals surface area contributed by atoms with E-state index < -0.39 is 0 Å². The van der Waals surface area contributed by atoms with E-state index in [1.54, 1.807) is 12.4 Å². The maximum Gasteiger partial charge on any atom is 0.109 e. The van der Waals surface area contributed by atoms with Crippen LogP contribution in [0.3, 0.4) is 0 Å². The first-order chi connectivity index (χ1) is 6.19. The topological polar surface area (TPSA) is 41.6 Å². The van der Waals surface area contributed by atoms with Gasteiger partial charge < -0.3 is 4.57 Å². The zero-order valence-corrected chi connectivity index (χ0v) is 7.78. The van der Waals surface area contributed by atoms with E-state index in [0.29, 0.717) is 5.57 Å². The van der Waals surface area contributed by atoms with Gasteiger partial charge in [-0.3, -0.25) is 0 Å². The van der Waals surface area contributed by atoms with Crippen LogP contribution in [0.15, 0.2) is 24.4 Å². The van der Waals surface area contributed by atoms with Gasteiger partial charge in [-0.25, -0.2) is 4.98 Å². The van der Waals surface area contributed by atoms with Gasteiger partial charge in [0.15, 0.2) is 0 Å². The van der Waals surface area contributed by atoms with Crippen molar-refractivity contribution in [1.82, 2.24) is 9.55 Å². The molecule has 0 unspecified atom stereocenters. The molecule has 13 heavy (non-hydrogen) atoms. The Kier molecular flexibility index (Phi) is 2.65. The predicted molar refractivity (Wildman–Crippen MR) is 51.8 cm³/mol. The van der Waals surface area contributed by atoms with Crippen molar-refractivity contribution in [2.24, 2.45) is 0 Å². The van der Waals surface area contributed by atoms with Crippen molar-refractivity contribution in [2.45, 2.75) is 13.8 Å². The molecule has 0 saturated heterocycles. The Balaban J connectivity index is 3.17. The molecule has 0 N–H and O–H groups in total. The average Bonchev–Trinajstić information content (AvgIpc) is 2.44. The number of allylic oxidation sites excluding steroid dienone is 2. The Labute approximate surface area is 77.6 Å². The van der Waals surface area contributed by atoms with Gasteiger partial charge in [0.2, 0.25) is 0 Å². The zero-order valence-electron chi connectivity index (χ0n) is 7.78. The third-order valence-corrected chi connectivity index (χ3v) is 1.78. The Morgan fingerprint density at radius 1 is 1.69 bits per heavy atom. The molecule has 0 amide bonds. The molecule has 0 fully saturated rings. The van der Waals surface area contributed by atoms with Crippen LogP contribution >= 0.6 is 0 Å². The van der Waals surface area contributed by atoms with Crippen LogP contribution in [0.2, 0.25) is 0 Å². The van der Waals surface area contributed by atoms with Gasteiger partial charge >= 0.3 is 0 Å². The van der Waals surface area contributed by atoms with Gasteiger partial charge in [0.1, 0.15) is 11.9 Å². The molecule has 1 aromatic rings. The second-order valence-corrected chi connectivity index (χ2v) is 2.72. The summed E-state index contributed by atoms with van der Waals surface area (Å²) in [6, 6.07) is 2.04. The smallest absolute Gasteiger partial charge is 0.109 e. The third kappa shape index (κ3) is 1.85. The molecule has 0 saturated carbocycles. The summed E-state index contributed by atoms with van der Waals surface area (Å²) >= 11 is 0. The minimum atomic E-state index is 0.532. The molecule has 0 atom stereocenters. The normalized spacial score (nSPS) is 11.0. The molecule has 66 valence electrons. The Hall–Kier alpha value is -1.82. The minimum Gasteiger partial charge on any atom is -0.307 e. The van der Waals surface area contributed by atoms with Gasteiger partial charge in [0.25, 0.3) is 0 Å². The fraction of sp³-hybridized carbons (Fsp3) is 0.200. The molecule has 0 aliphatic carbocycles. The van der Waals surface area contributed by atoms with Crippen LogP contribution in [-0.4, -0.2) is 9.55 Å². The van der Waals surface area contributed by atoms with E-state index >= 15 is 0 Å².